The van der Waals surface area contributed by atoms with Gasteiger partial charge in [0.1, 0.15) is 0 Å². The summed E-state index contributed by atoms with van der Waals surface area (Å²) in [6.07, 6.45) is 6.41. The van der Waals surface area contributed by atoms with Crippen LogP contribution in [0.15, 0.2) is 17.9 Å². The normalized spacial score (nSPS) is 15.3. The lowest BCUT2D eigenvalue weighted by Gasteiger charge is -2.08. The Balaban J connectivity index is 1.78. The molecule has 5 heteroatoms. The predicted molar refractivity (Wildman–Crippen MR) is 64.8 cm³/mol. The molecule has 0 aromatic carbocycles. The average Bonchev–Trinajstić information content (AvgIpc) is 2.84. The number of nitrogens with one attached hydrogen (secondary N) is 1. The smallest absolute Gasteiger partial charge is 0.203 e. The van der Waals surface area contributed by atoms with Gasteiger partial charge in [-0.3, -0.25) is 0 Å². The van der Waals surface area contributed by atoms with Crippen LogP contribution in [-0.4, -0.2) is 20.6 Å². The molecule has 0 bridgehead atoms. The zero-order valence-corrected chi connectivity index (χ0v) is 10.00. The highest BCUT2D eigenvalue weighted by molar-refractivity contribution is 7.09. The van der Waals surface area contributed by atoms with Crippen molar-refractivity contribution in [3.8, 4) is 0 Å². The van der Waals surface area contributed by atoms with Crippen molar-refractivity contribution >= 4 is 17.3 Å². The molecule has 0 atom stereocenters. The number of nitrogens with zero attached hydrogens (tertiary/aromatic N) is 3. The van der Waals surface area contributed by atoms with Crippen LogP contribution >= 0.6 is 11.3 Å². The van der Waals surface area contributed by atoms with Gasteiger partial charge in [0.2, 0.25) is 5.95 Å². The Bertz CT molecular complexity index is 484. The highest BCUT2D eigenvalue weighted by Gasteiger charge is 2.22. The maximum atomic E-state index is 4.34. The molecule has 0 unspecified atom stereocenters. The molecule has 0 radical (unpaired) electrons. The third-order valence-corrected chi connectivity index (χ3v) is 3.70. The summed E-state index contributed by atoms with van der Waals surface area (Å²) >= 11 is 1.70. The number of hydrogen-bond donors (Lipinski definition) is 1. The Morgan fingerprint density at radius 1 is 1.50 bits per heavy atom. The van der Waals surface area contributed by atoms with E-state index in [-0.39, 0.29) is 0 Å². The quantitative estimate of drug-likeness (QED) is 0.882. The second-order valence-electron chi connectivity index (χ2n) is 4.16. The van der Waals surface area contributed by atoms with E-state index >= 15 is 0 Å². The van der Waals surface area contributed by atoms with Crippen LogP contribution in [-0.2, 0) is 6.54 Å². The number of aromatic nitrogens is 3. The van der Waals surface area contributed by atoms with Crippen molar-refractivity contribution in [2.24, 2.45) is 0 Å². The summed E-state index contributed by atoms with van der Waals surface area (Å²) in [6, 6.07) is 0.642. The average molecular weight is 234 g/mol. The van der Waals surface area contributed by atoms with Crippen molar-refractivity contribution < 1.29 is 0 Å². The van der Waals surface area contributed by atoms with Crippen LogP contribution in [0, 0.1) is 6.92 Å². The molecule has 1 N–H and O–H groups in total. The molecule has 3 rings (SSSR count). The van der Waals surface area contributed by atoms with Crippen LogP contribution < -0.4 is 5.32 Å². The maximum absolute atomic E-state index is 4.34. The summed E-state index contributed by atoms with van der Waals surface area (Å²) in [5.41, 5.74) is 3.02. The highest BCUT2D eigenvalue weighted by atomic mass is 32.1. The third-order valence-electron chi connectivity index (χ3n) is 2.78. The molecule has 0 saturated heterocycles. The number of imidazole rings is 1. The lowest BCUT2D eigenvalue weighted by atomic mass is 10.4. The molecule has 2 heterocycles. The fourth-order valence-corrected chi connectivity index (χ4v) is 2.39. The van der Waals surface area contributed by atoms with E-state index < -0.39 is 0 Å². The molecule has 1 fully saturated rings. The Morgan fingerprint density at radius 3 is 3.06 bits per heavy atom. The minimum Gasteiger partial charge on any atom is -0.353 e. The Kier molecular flexibility index (Phi) is 2.40. The van der Waals surface area contributed by atoms with E-state index in [0.717, 1.165) is 18.2 Å². The van der Waals surface area contributed by atoms with Gasteiger partial charge in [-0.1, -0.05) is 0 Å². The fourth-order valence-electron chi connectivity index (χ4n) is 1.62. The third kappa shape index (κ3) is 1.95. The first-order valence-corrected chi connectivity index (χ1v) is 6.37. The SMILES string of the molecule is Cc1ncsc1Cn1ccnc1NC1CC1. The first-order valence-electron chi connectivity index (χ1n) is 5.49. The van der Waals surface area contributed by atoms with E-state index in [1.165, 1.54) is 17.7 Å². The van der Waals surface area contributed by atoms with Gasteiger partial charge in [0.15, 0.2) is 0 Å². The van der Waals surface area contributed by atoms with Crippen LogP contribution in [0.2, 0.25) is 0 Å². The number of aryl methyl sites for hydroxylation is 1. The van der Waals surface area contributed by atoms with Crippen molar-refractivity contribution in [2.75, 3.05) is 5.32 Å². The Morgan fingerprint density at radius 2 is 2.38 bits per heavy atom. The van der Waals surface area contributed by atoms with E-state index in [2.05, 4.69) is 26.8 Å². The summed E-state index contributed by atoms with van der Waals surface area (Å²) < 4.78 is 2.15. The van der Waals surface area contributed by atoms with Crippen molar-refractivity contribution in [1.82, 2.24) is 14.5 Å². The molecule has 1 saturated carbocycles. The van der Waals surface area contributed by atoms with Gasteiger partial charge in [-0.15, -0.1) is 11.3 Å². The van der Waals surface area contributed by atoms with Gasteiger partial charge in [-0.2, -0.15) is 0 Å². The second kappa shape index (κ2) is 3.90. The molecular weight excluding hydrogens is 220 g/mol. The molecule has 1 aliphatic rings. The molecule has 0 spiro atoms. The minimum absolute atomic E-state index is 0.642. The summed E-state index contributed by atoms with van der Waals surface area (Å²) in [5.74, 6) is 0.982. The molecule has 2 aromatic rings. The predicted octanol–water partition coefficient (Wildman–Crippen LogP) is 2.27. The zero-order chi connectivity index (χ0) is 11.0. The van der Waals surface area contributed by atoms with Crippen LogP contribution in [0.25, 0.3) is 0 Å². The summed E-state index contributed by atoms with van der Waals surface area (Å²) in [5, 5.41) is 3.43. The first-order chi connectivity index (χ1) is 7.83. The molecular formula is C11H14N4S. The Labute approximate surface area is 98.4 Å². The number of rotatable bonds is 4. The van der Waals surface area contributed by atoms with Gasteiger partial charge in [-0.25, -0.2) is 9.97 Å². The summed E-state index contributed by atoms with van der Waals surface area (Å²) in [6.45, 7) is 2.92. The number of anilines is 1. The molecule has 1 aliphatic carbocycles. The van der Waals surface area contributed by atoms with Gasteiger partial charge in [-0.05, 0) is 19.8 Å². The zero-order valence-electron chi connectivity index (χ0n) is 9.18. The van der Waals surface area contributed by atoms with E-state index in [9.17, 15) is 0 Å². The van der Waals surface area contributed by atoms with E-state index in [1.807, 2.05) is 17.9 Å². The molecule has 2 aromatic heterocycles. The fraction of sp³-hybridized carbons (Fsp3) is 0.455. The molecule has 4 nitrogen and oxygen atoms in total. The lowest BCUT2D eigenvalue weighted by Crippen LogP contribution is -2.09. The summed E-state index contributed by atoms with van der Waals surface area (Å²) in [7, 11) is 0. The van der Waals surface area contributed by atoms with Crippen molar-refractivity contribution in [3.63, 3.8) is 0 Å². The molecule has 84 valence electrons. The largest absolute Gasteiger partial charge is 0.353 e. The first kappa shape index (κ1) is 9.84. The van der Waals surface area contributed by atoms with Crippen molar-refractivity contribution in [2.45, 2.75) is 32.4 Å². The van der Waals surface area contributed by atoms with Crippen LogP contribution in [0.4, 0.5) is 5.95 Å². The van der Waals surface area contributed by atoms with Gasteiger partial charge in [0, 0.05) is 23.3 Å². The van der Waals surface area contributed by atoms with Crippen molar-refractivity contribution in [3.05, 3.63) is 28.5 Å². The van der Waals surface area contributed by atoms with E-state index in [4.69, 9.17) is 0 Å². The second-order valence-corrected chi connectivity index (χ2v) is 5.10. The van der Waals surface area contributed by atoms with Gasteiger partial charge in [0.05, 0.1) is 17.7 Å². The van der Waals surface area contributed by atoms with E-state index in [0.29, 0.717) is 6.04 Å². The van der Waals surface area contributed by atoms with Gasteiger partial charge in [0.25, 0.3) is 0 Å². The molecule has 16 heavy (non-hydrogen) atoms. The van der Waals surface area contributed by atoms with Crippen LogP contribution in [0.5, 0.6) is 0 Å². The highest BCUT2D eigenvalue weighted by Crippen LogP contribution is 2.24. The Hall–Kier alpha value is -1.36. The maximum Gasteiger partial charge on any atom is 0.203 e. The number of thiazole rings is 1. The lowest BCUT2D eigenvalue weighted by molar-refractivity contribution is 0.801. The van der Waals surface area contributed by atoms with Gasteiger partial charge < -0.3 is 9.88 Å². The molecule has 0 amide bonds. The minimum atomic E-state index is 0.642. The van der Waals surface area contributed by atoms with Crippen LogP contribution in [0.1, 0.15) is 23.4 Å². The topological polar surface area (TPSA) is 42.7 Å². The summed E-state index contributed by atoms with van der Waals surface area (Å²) in [4.78, 5) is 9.91. The van der Waals surface area contributed by atoms with Crippen LogP contribution in [0.3, 0.4) is 0 Å². The molecule has 0 aliphatic heterocycles. The van der Waals surface area contributed by atoms with Gasteiger partial charge >= 0.3 is 0 Å². The van der Waals surface area contributed by atoms with E-state index in [1.54, 1.807) is 11.3 Å². The van der Waals surface area contributed by atoms with Crippen molar-refractivity contribution in [1.29, 1.82) is 0 Å². The number of hydrogen-bond acceptors (Lipinski definition) is 4. The monoisotopic (exact) mass is 234 g/mol. The standard InChI is InChI=1S/C11H14N4S/c1-8-10(16-7-13-8)6-15-5-4-12-11(15)14-9-2-3-9/h4-5,7,9H,2-3,6H2,1H3,(H,12,14).